The van der Waals surface area contributed by atoms with Gasteiger partial charge in [-0.3, -0.25) is 14.9 Å². The van der Waals surface area contributed by atoms with Gasteiger partial charge >= 0.3 is 0 Å². The number of nitrogens with one attached hydrogen (secondary N) is 1. The van der Waals surface area contributed by atoms with Gasteiger partial charge in [0.1, 0.15) is 0 Å². The lowest BCUT2D eigenvalue weighted by Gasteiger charge is -2.54. The van der Waals surface area contributed by atoms with Gasteiger partial charge in [-0.1, -0.05) is 12.1 Å². The fraction of sp³-hybridized carbons (Fsp3) is 0.526. The standard InChI is InChI=1S/C19H22N2O3/c22-18(5-4-12-2-1-3-17(11-12)21(23)24)20-19-15-7-13-6-14(9-15)10-16(19)8-13/h1-5,11,13-16,19H,6-10H2,(H,20,22)/b5-4+. The molecule has 24 heavy (non-hydrogen) atoms. The van der Waals surface area contributed by atoms with E-state index in [1.165, 1.54) is 50.3 Å². The normalized spacial score (nSPS) is 33.8. The molecule has 4 aliphatic carbocycles. The Morgan fingerprint density at radius 1 is 1.12 bits per heavy atom. The van der Waals surface area contributed by atoms with Crippen LogP contribution in [-0.4, -0.2) is 16.9 Å². The van der Waals surface area contributed by atoms with E-state index in [1.54, 1.807) is 18.2 Å². The highest BCUT2D eigenvalue weighted by atomic mass is 16.6. The Labute approximate surface area is 141 Å². The first-order valence-corrected chi connectivity index (χ1v) is 8.81. The van der Waals surface area contributed by atoms with Gasteiger partial charge in [0, 0.05) is 24.3 Å². The molecule has 0 heterocycles. The highest BCUT2D eigenvalue weighted by Crippen LogP contribution is 2.53. The summed E-state index contributed by atoms with van der Waals surface area (Å²) >= 11 is 0. The van der Waals surface area contributed by atoms with Crippen molar-refractivity contribution in [3.05, 3.63) is 46.0 Å². The fourth-order valence-electron chi connectivity index (χ4n) is 5.29. The molecule has 1 aromatic carbocycles. The molecule has 1 N–H and O–H groups in total. The second kappa shape index (κ2) is 6.04. The molecule has 0 aliphatic heterocycles. The lowest BCUT2D eigenvalue weighted by molar-refractivity contribution is -0.384. The van der Waals surface area contributed by atoms with Crippen LogP contribution in [0.15, 0.2) is 30.3 Å². The van der Waals surface area contributed by atoms with Crippen LogP contribution in [0.3, 0.4) is 0 Å². The third-order valence-corrected chi connectivity index (χ3v) is 6.04. The van der Waals surface area contributed by atoms with Gasteiger partial charge in [0.05, 0.1) is 4.92 Å². The molecule has 4 aliphatic rings. The van der Waals surface area contributed by atoms with Crippen LogP contribution < -0.4 is 5.32 Å². The van der Waals surface area contributed by atoms with Crippen LogP contribution in [-0.2, 0) is 4.79 Å². The Morgan fingerprint density at radius 2 is 1.79 bits per heavy atom. The minimum absolute atomic E-state index is 0.0404. The SMILES string of the molecule is O=C(/C=C/c1cccc([N+](=O)[O-])c1)NC1C2CC3CC(C2)CC1C3. The van der Waals surface area contributed by atoms with E-state index in [9.17, 15) is 14.9 Å². The molecule has 5 nitrogen and oxygen atoms in total. The van der Waals surface area contributed by atoms with E-state index < -0.39 is 4.92 Å². The number of hydrogen-bond donors (Lipinski definition) is 1. The van der Waals surface area contributed by atoms with Crippen LogP contribution in [0.1, 0.15) is 37.7 Å². The third-order valence-electron chi connectivity index (χ3n) is 6.04. The quantitative estimate of drug-likeness (QED) is 0.522. The first-order valence-electron chi connectivity index (χ1n) is 8.81. The summed E-state index contributed by atoms with van der Waals surface area (Å²) in [7, 11) is 0. The number of hydrogen-bond acceptors (Lipinski definition) is 3. The van der Waals surface area contributed by atoms with Gasteiger partial charge in [-0.15, -0.1) is 0 Å². The molecule has 0 saturated heterocycles. The molecule has 5 rings (SSSR count). The molecule has 0 aromatic heterocycles. The first kappa shape index (κ1) is 15.4. The predicted octanol–water partition coefficient (Wildman–Crippen LogP) is 3.55. The van der Waals surface area contributed by atoms with Crippen LogP contribution >= 0.6 is 0 Å². The highest BCUT2D eigenvalue weighted by Gasteiger charge is 2.48. The zero-order valence-corrected chi connectivity index (χ0v) is 13.6. The summed E-state index contributed by atoms with van der Waals surface area (Å²) in [4.78, 5) is 22.7. The zero-order chi connectivity index (χ0) is 16.7. The Kier molecular flexibility index (Phi) is 3.87. The van der Waals surface area contributed by atoms with Crippen LogP contribution in [0.25, 0.3) is 6.08 Å². The number of carbonyl (C=O) groups is 1. The molecule has 0 radical (unpaired) electrons. The summed E-state index contributed by atoms with van der Waals surface area (Å²) in [6.07, 6.45) is 9.64. The Balaban J connectivity index is 1.40. The minimum Gasteiger partial charge on any atom is -0.349 e. The molecule has 1 aromatic rings. The second-order valence-electron chi connectivity index (χ2n) is 7.65. The smallest absolute Gasteiger partial charge is 0.270 e. The Bertz CT molecular complexity index is 670. The number of non-ortho nitro benzene ring substituents is 1. The highest BCUT2D eigenvalue weighted by molar-refractivity contribution is 5.92. The number of amides is 1. The number of benzene rings is 1. The van der Waals surface area contributed by atoms with Crippen molar-refractivity contribution in [3.63, 3.8) is 0 Å². The molecule has 5 heteroatoms. The van der Waals surface area contributed by atoms with Crippen LogP contribution in [0, 0.1) is 33.8 Å². The molecule has 0 atom stereocenters. The summed E-state index contributed by atoms with van der Waals surface area (Å²) in [6, 6.07) is 6.64. The van der Waals surface area contributed by atoms with E-state index in [-0.39, 0.29) is 11.6 Å². The van der Waals surface area contributed by atoms with Crippen molar-refractivity contribution in [2.75, 3.05) is 0 Å². The molecule has 4 bridgehead atoms. The molecule has 4 fully saturated rings. The monoisotopic (exact) mass is 326 g/mol. The number of rotatable bonds is 4. The Hall–Kier alpha value is -2.17. The van der Waals surface area contributed by atoms with Crippen molar-refractivity contribution >= 4 is 17.7 Å². The number of nitro groups is 1. The van der Waals surface area contributed by atoms with Gasteiger partial charge < -0.3 is 5.32 Å². The summed E-state index contributed by atoms with van der Waals surface area (Å²) < 4.78 is 0. The summed E-state index contributed by atoms with van der Waals surface area (Å²) in [5.41, 5.74) is 0.711. The maximum absolute atomic E-state index is 12.3. The van der Waals surface area contributed by atoms with Crippen molar-refractivity contribution in [2.24, 2.45) is 23.7 Å². The minimum atomic E-state index is -0.425. The number of nitro benzene ring substituents is 1. The summed E-state index contributed by atoms with van der Waals surface area (Å²) in [6.45, 7) is 0. The van der Waals surface area contributed by atoms with Gasteiger partial charge in [-0.25, -0.2) is 0 Å². The lowest BCUT2D eigenvalue weighted by Crippen LogP contribution is -2.55. The first-order chi connectivity index (χ1) is 11.6. The third kappa shape index (κ3) is 2.95. The van der Waals surface area contributed by atoms with Gasteiger partial charge in [0.15, 0.2) is 0 Å². The molecular formula is C19H22N2O3. The summed E-state index contributed by atoms with van der Waals surface area (Å²) in [5.74, 6) is 2.99. The summed E-state index contributed by atoms with van der Waals surface area (Å²) in [5, 5.41) is 14.0. The van der Waals surface area contributed by atoms with Gasteiger partial charge in [-0.2, -0.15) is 0 Å². The molecule has 1 amide bonds. The largest absolute Gasteiger partial charge is 0.349 e. The van der Waals surface area contributed by atoms with E-state index >= 15 is 0 Å². The van der Waals surface area contributed by atoms with E-state index in [2.05, 4.69) is 5.32 Å². The molecule has 0 spiro atoms. The van der Waals surface area contributed by atoms with Crippen molar-refractivity contribution in [2.45, 2.75) is 38.1 Å². The van der Waals surface area contributed by atoms with Crippen LogP contribution in [0.2, 0.25) is 0 Å². The van der Waals surface area contributed by atoms with E-state index in [1.807, 2.05) is 0 Å². The van der Waals surface area contributed by atoms with E-state index in [4.69, 9.17) is 0 Å². The maximum atomic E-state index is 12.3. The topological polar surface area (TPSA) is 72.2 Å². The fourth-order valence-corrected chi connectivity index (χ4v) is 5.29. The Morgan fingerprint density at radius 3 is 2.42 bits per heavy atom. The maximum Gasteiger partial charge on any atom is 0.270 e. The van der Waals surface area contributed by atoms with Crippen LogP contribution in [0.5, 0.6) is 0 Å². The van der Waals surface area contributed by atoms with Crippen molar-refractivity contribution in [1.82, 2.24) is 5.32 Å². The van der Waals surface area contributed by atoms with Crippen LogP contribution in [0.4, 0.5) is 5.69 Å². The molecule has 0 unspecified atom stereocenters. The number of carbonyl (C=O) groups excluding carboxylic acids is 1. The van der Waals surface area contributed by atoms with Crippen molar-refractivity contribution < 1.29 is 9.72 Å². The van der Waals surface area contributed by atoms with Crippen molar-refractivity contribution in [3.8, 4) is 0 Å². The second-order valence-corrected chi connectivity index (χ2v) is 7.65. The van der Waals surface area contributed by atoms with Gasteiger partial charge in [0.25, 0.3) is 5.69 Å². The lowest BCUT2D eigenvalue weighted by atomic mass is 9.54. The van der Waals surface area contributed by atoms with Gasteiger partial charge in [0.2, 0.25) is 5.91 Å². The molecule has 126 valence electrons. The van der Waals surface area contributed by atoms with E-state index in [0.717, 1.165) is 11.8 Å². The average Bonchev–Trinajstić information content (AvgIpc) is 2.56. The van der Waals surface area contributed by atoms with E-state index in [0.29, 0.717) is 23.4 Å². The van der Waals surface area contributed by atoms with Gasteiger partial charge in [-0.05, 0) is 67.4 Å². The zero-order valence-electron chi connectivity index (χ0n) is 13.6. The molecule has 4 saturated carbocycles. The number of nitrogens with zero attached hydrogens (tertiary/aromatic N) is 1. The molecular weight excluding hydrogens is 304 g/mol. The predicted molar refractivity (Wildman–Crippen MR) is 91.1 cm³/mol. The average molecular weight is 326 g/mol. The van der Waals surface area contributed by atoms with Crippen molar-refractivity contribution in [1.29, 1.82) is 0 Å².